The summed E-state index contributed by atoms with van der Waals surface area (Å²) in [6.07, 6.45) is 4.62. The summed E-state index contributed by atoms with van der Waals surface area (Å²) in [5, 5.41) is 24.7. The number of para-hydroxylation sites is 1. The Morgan fingerprint density at radius 2 is 2.14 bits per heavy atom. The molecule has 0 heterocycles. The molecule has 1 fully saturated rings. The summed E-state index contributed by atoms with van der Waals surface area (Å²) in [6, 6.07) is 4.79. The van der Waals surface area contributed by atoms with Crippen molar-refractivity contribution in [3.63, 3.8) is 0 Å². The Kier molecular flexibility index (Phi) is 4.67. The normalized spacial score (nSPS) is 25.5. The summed E-state index contributed by atoms with van der Waals surface area (Å²) in [5.41, 5.74) is 5.24. The van der Waals surface area contributed by atoms with Crippen molar-refractivity contribution in [2.75, 3.05) is 17.6 Å². The molecule has 1 aliphatic rings. The van der Waals surface area contributed by atoms with Crippen LogP contribution >= 0.6 is 0 Å². The molecule has 0 unspecified atom stereocenters. The van der Waals surface area contributed by atoms with E-state index in [0.717, 1.165) is 32.1 Å². The van der Waals surface area contributed by atoms with Crippen LogP contribution in [0.1, 0.15) is 39.0 Å². The Labute approximate surface area is 124 Å². The molecule has 0 amide bonds. The molecule has 0 saturated heterocycles. The molecule has 0 atom stereocenters. The van der Waals surface area contributed by atoms with Gasteiger partial charge in [-0.05, 0) is 43.7 Å². The SMILES string of the molecule is CCC1CCC(O)(CNc2cccc(N)c2[N+](=O)[O-])CC1. The maximum Gasteiger partial charge on any atom is 0.314 e. The Morgan fingerprint density at radius 1 is 1.48 bits per heavy atom. The van der Waals surface area contributed by atoms with Gasteiger partial charge in [-0.15, -0.1) is 0 Å². The maximum absolute atomic E-state index is 11.1. The van der Waals surface area contributed by atoms with Crippen molar-refractivity contribution in [3.8, 4) is 0 Å². The summed E-state index contributed by atoms with van der Waals surface area (Å²) in [4.78, 5) is 10.6. The number of nitro groups is 1. The zero-order valence-electron chi connectivity index (χ0n) is 12.3. The molecule has 0 radical (unpaired) electrons. The molecule has 0 bridgehead atoms. The number of hydrogen-bond donors (Lipinski definition) is 3. The van der Waals surface area contributed by atoms with Crippen LogP contribution in [0.2, 0.25) is 0 Å². The van der Waals surface area contributed by atoms with Crippen molar-refractivity contribution in [1.82, 2.24) is 0 Å². The van der Waals surface area contributed by atoms with Gasteiger partial charge in [0.25, 0.3) is 0 Å². The van der Waals surface area contributed by atoms with E-state index in [1.54, 1.807) is 12.1 Å². The third-order valence-corrected chi connectivity index (χ3v) is 4.47. The largest absolute Gasteiger partial charge is 0.393 e. The zero-order chi connectivity index (χ0) is 15.5. The number of anilines is 2. The van der Waals surface area contributed by atoms with Gasteiger partial charge in [-0.1, -0.05) is 19.4 Å². The molecule has 6 heteroatoms. The first-order chi connectivity index (χ1) is 9.95. The van der Waals surface area contributed by atoms with Gasteiger partial charge >= 0.3 is 5.69 Å². The van der Waals surface area contributed by atoms with Crippen LogP contribution in [0, 0.1) is 16.0 Å². The van der Waals surface area contributed by atoms with Crippen LogP contribution in [0.25, 0.3) is 0 Å². The van der Waals surface area contributed by atoms with Crippen molar-refractivity contribution >= 4 is 17.1 Å². The number of nitrogen functional groups attached to an aromatic ring is 1. The second-order valence-corrected chi connectivity index (χ2v) is 5.93. The van der Waals surface area contributed by atoms with Crippen LogP contribution in [0.3, 0.4) is 0 Å². The van der Waals surface area contributed by atoms with Crippen molar-refractivity contribution in [1.29, 1.82) is 0 Å². The fourth-order valence-corrected chi connectivity index (χ4v) is 2.97. The number of nitrogens with two attached hydrogens (primary N) is 1. The summed E-state index contributed by atoms with van der Waals surface area (Å²) in [5.74, 6) is 0.687. The van der Waals surface area contributed by atoms with Crippen LogP contribution in [0.15, 0.2) is 18.2 Å². The lowest BCUT2D eigenvalue weighted by molar-refractivity contribution is -0.383. The lowest BCUT2D eigenvalue weighted by Gasteiger charge is -2.36. The van der Waals surface area contributed by atoms with E-state index in [1.165, 1.54) is 6.07 Å². The molecule has 0 aliphatic heterocycles. The van der Waals surface area contributed by atoms with E-state index >= 15 is 0 Å². The van der Waals surface area contributed by atoms with Crippen molar-refractivity contribution in [2.24, 2.45) is 5.92 Å². The first-order valence-corrected chi connectivity index (χ1v) is 7.44. The standard InChI is InChI=1S/C15H23N3O3/c1-2-11-6-8-15(19,9-7-11)10-17-13-5-3-4-12(16)14(13)18(20)21/h3-5,11,17,19H,2,6-10,16H2,1H3. The minimum Gasteiger partial charge on any atom is -0.393 e. The van der Waals surface area contributed by atoms with Gasteiger partial charge in [-0.3, -0.25) is 10.1 Å². The van der Waals surface area contributed by atoms with Crippen molar-refractivity contribution in [2.45, 2.75) is 44.6 Å². The minimum absolute atomic E-state index is 0.122. The van der Waals surface area contributed by atoms with E-state index in [4.69, 9.17) is 5.73 Å². The summed E-state index contributed by atoms with van der Waals surface area (Å²) >= 11 is 0. The van der Waals surface area contributed by atoms with Gasteiger partial charge in [0, 0.05) is 6.54 Å². The highest BCUT2D eigenvalue weighted by Crippen LogP contribution is 2.35. The molecule has 0 spiro atoms. The van der Waals surface area contributed by atoms with Crippen LogP contribution in [-0.2, 0) is 0 Å². The van der Waals surface area contributed by atoms with Gasteiger partial charge in [0.05, 0.1) is 10.5 Å². The second kappa shape index (κ2) is 6.30. The fraction of sp³-hybridized carbons (Fsp3) is 0.600. The molecule has 1 aromatic carbocycles. The fourth-order valence-electron chi connectivity index (χ4n) is 2.97. The van der Waals surface area contributed by atoms with E-state index in [1.807, 2.05) is 0 Å². The Balaban J connectivity index is 2.04. The van der Waals surface area contributed by atoms with Gasteiger partial charge in [0.2, 0.25) is 0 Å². The molecule has 21 heavy (non-hydrogen) atoms. The maximum atomic E-state index is 11.1. The smallest absolute Gasteiger partial charge is 0.314 e. The lowest BCUT2D eigenvalue weighted by Crippen LogP contribution is -2.40. The zero-order valence-corrected chi connectivity index (χ0v) is 12.3. The topological polar surface area (TPSA) is 101 Å². The van der Waals surface area contributed by atoms with Gasteiger partial charge < -0.3 is 16.2 Å². The predicted molar refractivity (Wildman–Crippen MR) is 83.2 cm³/mol. The van der Waals surface area contributed by atoms with Crippen LogP contribution < -0.4 is 11.1 Å². The van der Waals surface area contributed by atoms with Crippen LogP contribution in [-0.4, -0.2) is 22.2 Å². The number of nitro benzene ring substituents is 1. The average Bonchev–Trinajstić information content (AvgIpc) is 2.46. The molecular weight excluding hydrogens is 270 g/mol. The van der Waals surface area contributed by atoms with E-state index in [0.29, 0.717) is 18.2 Å². The third kappa shape index (κ3) is 3.64. The first kappa shape index (κ1) is 15.6. The molecule has 1 aliphatic carbocycles. The molecule has 1 saturated carbocycles. The molecule has 116 valence electrons. The number of nitrogens with one attached hydrogen (secondary N) is 1. The molecular formula is C15H23N3O3. The second-order valence-electron chi connectivity index (χ2n) is 5.93. The number of rotatable bonds is 5. The van der Waals surface area contributed by atoms with Gasteiger partial charge in [-0.2, -0.15) is 0 Å². The van der Waals surface area contributed by atoms with Gasteiger partial charge in [-0.25, -0.2) is 0 Å². The summed E-state index contributed by atoms with van der Waals surface area (Å²) in [6.45, 7) is 2.48. The predicted octanol–water partition coefficient (Wildman–Crippen LogP) is 2.92. The number of nitrogens with zero attached hydrogens (tertiary/aromatic N) is 1. The Morgan fingerprint density at radius 3 is 2.71 bits per heavy atom. The van der Waals surface area contributed by atoms with Crippen LogP contribution in [0.5, 0.6) is 0 Å². The number of aliphatic hydroxyl groups is 1. The highest BCUT2D eigenvalue weighted by atomic mass is 16.6. The van der Waals surface area contributed by atoms with Crippen LogP contribution in [0.4, 0.5) is 17.1 Å². The molecule has 4 N–H and O–H groups in total. The summed E-state index contributed by atoms with van der Waals surface area (Å²) < 4.78 is 0. The van der Waals surface area contributed by atoms with Gasteiger partial charge in [0.15, 0.2) is 0 Å². The van der Waals surface area contributed by atoms with Crippen molar-refractivity contribution < 1.29 is 10.0 Å². The Hall–Kier alpha value is -1.82. The third-order valence-electron chi connectivity index (χ3n) is 4.47. The highest BCUT2D eigenvalue weighted by molar-refractivity contribution is 5.74. The van der Waals surface area contributed by atoms with E-state index in [-0.39, 0.29) is 11.4 Å². The first-order valence-electron chi connectivity index (χ1n) is 7.44. The monoisotopic (exact) mass is 293 g/mol. The number of benzene rings is 1. The average molecular weight is 293 g/mol. The lowest BCUT2D eigenvalue weighted by atomic mass is 9.78. The minimum atomic E-state index is -0.788. The number of hydrogen-bond acceptors (Lipinski definition) is 5. The molecule has 1 aromatic rings. The summed E-state index contributed by atoms with van der Waals surface area (Å²) in [7, 11) is 0. The molecule has 2 rings (SSSR count). The highest BCUT2D eigenvalue weighted by Gasteiger charge is 2.33. The van der Waals surface area contributed by atoms with Gasteiger partial charge in [0.1, 0.15) is 11.4 Å². The molecule has 0 aromatic heterocycles. The quantitative estimate of drug-likeness (QED) is 0.440. The molecule has 6 nitrogen and oxygen atoms in total. The van der Waals surface area contributed by atoms with E-state index in [2.05, 4.69) is 12.2 Å². The Bertz CT molecular complexity index is 511. The van der Waals surface area contributed by atoms with Crippen molar-refractivity contribution in [3.05, 3.63) is 28.3 Å². The van der Waals surface area contributed by atoms with E-state index in [9.17, 15) is 15.2 Å². The van der Waals surface area contributed by atoms with E-state index < -0.39 is 10.5 Å².